The van der Waals surface area contributed by atoms with Crippen LogP contribution in [0.5, 0.6) is 0 Å². The van der Waals surface area contributed by atoms with Crippen LogP contribution in [0.3, 0.4) is 0 Å². The first-order chi connectivity index (χ1) is 10.1. The van der Waals surface area contributed by atoms with Gasteiger partial charge in [0.2, 0.25) is 5.89 Å². The average Bonchev–Trinajstić information content (AvgIpc) is 2.87. The van der Waals surface area contributed by atoms with Crippen LogP contribution >= 0.6 is 11.6 Å². The number of unbranched alkanes of at least 4 members (excludes halogenated alkanes) is 1. The minimum atomic E-state index is -0.824. The molecule has 21 heavy (non-hydrogen) atoms. The summed E-state index contributed by atoms with van der Waals surface area (Å²) in [5, 5.41) is 12.6. The lowest BCUT2D eigenvalue weighted by molar-refractivity contribution is -0.137. The molecule has 0 aliphatic rings. The van der Waals surface area contributed by atoms with Crippen LogP contribution in [0.1, 0.15) is 36.5 Å². The van der Waals surface area contributed by atoms with Crippen LogP contribution < -0.4 is 0 Å². The second kappa shape index (κ2) is 7.17. The number of aliphatic carboxylic acids is 1. The molecule has 0 atom stereocenters. The lowest BCUT2D eigenvalue weighted by atomic mass is 10.1. The molecule has 1 N–H and O–H groups in total. The Morgan fingerprint density at radius 3 is 2.90 bits per heavy atom. The maximum Gasteiger partial charge on any atom is 0.303 e. The fourth-order valence-corrected chi connectivity index (χ4v) is 2.11. The van der Waals surface area contributed by atoms with Crippen molar-refractivity contribution in [1.82, 2.24) is 10.1 Å². The monoisotopic (exact) mass is 312 g/mol. The summed E-state index contributed by atoms with van der Waals surface area (Å²) in [4.78, 5) is 14.5. The summed E-state index contributed by atoms with van der Waals surface area (Å²) in [6.45, 7) is 0. The zero-order valence-electron chi connectivity index (χ0n) is 11.2. The van der Waals surface area contributed by atoms with Crippen LogP contribution in [0, 0.1) is 5.82 Å². The summed E-state index contributed by atoms with van der Waals surface area (Å²) < 4.78 is 18.7. The third kappa shape index (κ3) is 4.53. The molecule has 1 heterocycles. The number of nitrogens with zero attached hydrogens (tertiary/aromatic N) is 2. The summed E-state index contributed by atoms with van der Waals surface area (Å²) in [5.41, 5.74) is 0.331. The lowest BCUT2D eigenvalue weighted by Gasteiger charge is -2.01. The van der Waals surface area contributed by atoms with Gasteiger partial charge in [0, 0.05) is 29.8 Å². The van der Waals surface area contributed by atoms with E-state index in [0.717, 1.165) is 0 Å². The van der Waals surface area contributed by atoms with E-state index in [1.165, 1.54) is 12.1 Å². The molecule has 0 unspecified atom stereocenters. The van der Waals surface area contributed by atoms with Crippen LogP contribution in [0.25, 0.3) is 0 Å². The Kier molecular flexibility index (Phi) is 5.27. The predicted molar refractivity (Wildman–Crippen MR) is 73.7 cm³/mol. The fraction of sp³-hybridized carbons (Fsp3) is 0.357. The molecule has 0 aliphatic carbocycles. The molecule has 5 nitrogen and oxygen atoms in total. The van der Waals surface area contributed by atoms with Gasteiger partial charge in [0.1, 0.15) is 5.82 Å². The van der Waals surface area contributed by atoms with Gasteiger partial charge in [-0.15, -0.1) is 0 Å². The van der Waals surface area contributed by atoms with Gasteiger partial charge in [-0.3, -0.25) is 4.79 Å². The molecule has 1 aromatic heterocycles. The number of halogens is 2. The van der Waals surface area contributed by atoms with Crippen molar-refractivity contribution in [3.05, 3.63) is 46.3 Å². The highest BCUT2D eigenvalue weighted by molar-refractivity contribution is 6.31. The van der Waals surface area contributed by atoms with Gasteiger partial charge in [0.05, 0.1) is 0 Å². The van der Waals surface area contributed by atoms with Crippen molar-refractivity contribution in [2.24, 2.45) is 0 Å². The maximum atomic E-state index is 13.6. The lowest BCUT2D eigenvalue weighted by Crippen LogP contribution is -1.97. The summed E-state index contributed by atoms with van der Waals surface area (Å²) in [6.07, 6.45) is 1.97. The highest BCUT2D eigenvalue weighted by Gasteiger charge is 2.12. The number of aromatic nitrogens is 2. The number of benzene rings is 1. The van der Waals surface area contributed by atoms with Crippen LogP contribution in [0.4, 0.5) is 4.39 Å². The third-order valence-corrected chi connectivity index (χ3v) is 3.29. The molecular formula is C14H14ClFN2O3. The Morgan fingerprint density at radius 2 is 2.19 bits per heavy atom. The van der Waals surface area contributed by atoms with E-state index in [1.54, 1.807) is 6.07 Å². The maximum absolute atomic E-state index is 13.6. The predicted octanol–water partition coefficient (Wildman–Crippen LogP) is 3.25. The second-order valence-electron chi connectivity index (χ2n) is 4.58. The molecule has 0 bridgehead atoms. The number of carbonyl (C=O) groups is 1. The fourth-order valence-electron chi connectivity index (χ4n) is 1.88. The molecule has 0 radical (unpaired) electrons. The van der Waals surface area contributed by atoms with Crippen molar-refractivity contribution < 1.29 is 18.8 Å². The molecule has 2 aromatic rings. The van der Waals surface area contributed by atoms with Crippen LogP contribution in [-0.4, -0.2) is 21.2 Å². The Labute approximate surface area is 125 Å². The number of carboxylic acid groups (broad SMARTS) is 1. The van der Waals surface area contributed by atoms with Crippen molar-refractivity contribution >= 4 is 17.6 Å². The molecule has 0 aliphatic heterocycles. The van der Waals surface area contributed by atoms with E-state index >= 15 is 0 Å². The number of hydrogen-bond acceptors (Lipinski definition) is 4. The molecular weight excluding hydrogens is 299 g/mol. The number of carboxylic acids is 1. The number of aryl methyl sites for hydroxylation is 1. The van der Waals surface area contributed by atoms with Crippen molar-refractivity contribution in [3.8, 4) is 0 Å². The Morgan fingerprint density at radius 1 is 1.38 bits per heavy atom. The van der Waals surface area contributed by atoms with E-state index in [-0.39, 0.29) is 12.8 Å². The van der Waals surface area contributed by atoms with E-state index in [1.807, 2.05) is 0 Å². The van der Waals surface area contributed by atoms with Gasteiger partial charge in [-0.25, -0.2) is 4.39 Å². The molecule has 1 aromatic carbocycles. The highest BCUT2D eigenvalue weighted by atomic mass is 35.5. The van der Waals surface area contributed by atoms with Crippen LogP contribution in [0.15, 0.2) is 22.7 Å². The third-order valence-electron chi connectivity index (χ3n) is 2.94. The Balaban J connectivity index is 1.92. The Bertz CT molecular complexity index is 610. The van der Waals surface area contributed by atoms with Gasteiger partial charge in [0.15, 0.2) is 5.82 Å². The number of hydrogen-bond donors (Lipinski definition) is 1. The van der Waals surface area contributed by atoms with E-state index in [4.69, 9.17) is 21.2 Å². The molecule has 0 fully saturated rings. The van der Waals surface area contributed by atoms with Gasteiger partial charge in [0.25, 0.3) is 0 Å². The second-order valence-corrected chi connectivity index (χ2v) is 4.99. The van der Waals surface area contributed by atoms with Crippen LogP contribution in [-0.2, 0) is 17.6 Å². The highest BCUT2D eigenvalue weighted by Crippen LogP contribution is 2.21. The molecule has 112 valence electrons. The Hall–Kier alpha value is -1.95. The standard InChI is InChI=1S/C14H14ClFN2O3/c15-10-4-3-5-11(16)9(10)8-12-17-13(21-18-12)6-1-2-7-14(19)20/h3-5H,1-2,6-8H2,(H,19,20). The summed E-state index contributed by atoms with van der Waals surface area (Å²) in [6, 6.07) is 4.46. The largest absolute Gasteiger partial charge is 0.481 e. The zero-order valence-corrected chi connectivity index (χ0v) is 11.9. The molecule has 0 spiro atoms. The molecule has 0 saturated carbocycles. The van der Waals surface area contributed by atoms with Gasteiger partial charge in [-0.2, -0.15) is 4.98 Å². The van der Waals surface area contributed by atoms with E-state index in [9.17, 15) is 9.18 Å². The molecule has 2 rings (SSSR count). The summed E-state index contributed by atoms with van der Waals surface area (Å²) in [7, 11) is 0. The van der Waals surface area contributed by atoms with Gasteiger partial charge < -0.3 is 9.63 Å². The van der Waals surface area contributed by atoms with Crippen LogP contribution in [0.2, 0.25) is 5.02 Å². The zero-order chi connectivity index (χ0) is 15.2. The topological polar surface area (TPSA) is 76.2 Å². The van der Waals surface area contributed by atoms with Crippen molar-refractivity contribution in [3.63, 3.8) is 0 Å². The minimum Gasteiger partial charge on any atom is -0.481 e. The summed E-state index contributed by atoms with van der Waals surface area (Å²) >= 11 is 5.94. The minimum absolute atomic E-state index is 0.117. The first-order valence-electron chi connectivity index (χ1n) is 6.52. The first kappa shape index (κ1) is 15.4. The van der Waals surface area contributed by atoms with E-state index in [2.05, 4.69) is 10.1 Å². The van der Waals surface area contributed by atoms with Gasteiger partial charge >= 0.3 is 5.97 Å². The van der Waals surface area contributed by atoms with Crippen molar-refractivity contribution in [2.45, 2.75) is 32.1 Å². The summed E-state index contributed by atoms with van der Waals surface area (Å²) in [5.74, 6) is -0.455. The van der Waals surface area contributed by atoms with Crippen molar-refractivity contribution in [2.75, 3.05) is 0 Å². The van der Waals surface area contributed by atoms with E-state index < -0.39 is 11.8 Å². The molecule has 7 heteroatoms. The van der Waals surface area contributed by atoms with Crippen molar-refractivity contribution in [1.29, 1.82) is 0 Å². The molecule has 0 amide bonds. The smallest absolute Gasteiger partial charge is 0.303 e. The normalized spacial score (nSPS) is 10.8. The van der Waals surface area contributed by atoms with Gasteiger partial charge in [-0.1, -0.05) is 22.8 Å². The average molecular weight is 313 g/mol. The van der Waals surface area contributed by atoms with E-state index in [0.29, 0.717) is 41.6 Å². The quantitative estimate of drug-likeness (QED) is 0.794. The van der Waals surface area contributed by atoms with Gasteiger partial charge in [-0.05, 0) is 25.0 Å². The SMILES string of the molecule is O=C(O)CCCCc1nc(Cc2c(F)cccc2Cl)no1. The first-order valence-corrected chi connectivity index (χ1v) is 6.90. The number of rotatable bonds is 7. The molecule has 0 saturated heterocycles.